The quantitative estimate of drug-likeness (QED) is 0.264. The van der Waals surface area contributed by atoms with Gasteiger partial charge in [0.2, 0.25) is 5.95 Å². The van der Waals surface area contributed by atoms with Gasteiger partial charge in [0, 0.05) is 71.8 Å². The number of carbonyl (C=O) groups is 1. The van der Waals surface area contributed by atoms with E-state index in [2.05, 4.69) is 35.0 Å². The summed E-state index contributed by atoms with van der Waals surface area (Å²) in [4.78, 5) is 31.6. The number of rotatable bonds is 5. The van der Waals surface area contributed by atoms with Gasteiger partial charge in [-0.15, -0.1) is 24.0 Å². The number of methoxy groups -OCH3 is 1. The van der Waals surface area contributed by atoms with E-state index >= 15 is 0 Å². The maximum absolute atomic E-state index is 11.7. The minimum absolute atomic E-state index is 0. The second-order valence-corrected chi connectivity index (χ2v) is 7.14. The summed E-state index contributed by atoms with van der Waals surface area (Å²) in [5.41, 5.74) is 0. The van der Waals surface area contributed by atoms with Crippen LogP contribution in [0.1, 0.15) is 12.8 Å². The van der Waals surface area contributed by atoms with Crippen molar-refractivity contribution in [2.24, 2.45) is 10.9 Å². The molecule has 0 unspecified atom stereocenters. The summed E-state index contributed by atoms with van der Waals surface area (Å²) < 4.78 is 4.86. The maximum Gasteiger partial charge on any atom is 0.308 e. The van der Waals surface area contributed by atoms with Gasteiger partial charge in [-0.1, -0.05) is 0 Å². The van der Waals surface area contributed by atoms with Crippen molar-refractivity contribution in [1.29, 1.82) is 0 Å². The summed E-state index contributed by atoms with van der Waals surface area (Å²) in [7, 11) is 3.27. The number of likely N-dealkylation sites (tertiary alicyclic amines) is 1. The molecule has 2 aliphatic rings. The van der Waals surface area contributed by atoms with Gasteiger partial charge in [0.25, 0.3) is 0 Å². The van der Waals surface area contributed by atoms with Crippen LogP contribution in [0.15, 0.2) is 23.5 Å². The number of anilines is 1. The Morgan fingerprint density at radius 2 is 1.83 bits per heavy atom. The van der Waals surface area contributed by atoms with E-state index in [-0.39, 0.29) is 35.9 Å². The molecule has 0 spiro atoms. The van der Waals surface area contributed by atoms with Gasteiger partial charge in [0.15, 0.2) is 5.96 Å². The first kappa shape index (κ1) is 23.6. The number of piperazine rings is 1. The zero-order valence-corrected chi connectivity index (χ0v) is 19.6. The molecule has 3 heterocycles. The van der Waals surface area contributed by atoms with E-state index in [0.717, 1.165) is 77.1 Å². The van der Waals surface area contributed by atoms with Gasteiger partial charge in [0.1, 0.15) is 0 Å². The monoisotopic (exact) mass is 517 g/mol. The van der Waals surface area contributed by atoms with E-state index in [1.54, 1.807) is 12.4 Å². The lowest BCUT2D eigenvalue weighted by Gasteiger charge is -2.35. The van der Waals surface area contributed by atoms with Crippen molar-refractivity contribution < 1.29 is 9.53 Å². The Morgan fingerprint density at radius 1 is 1.17 bits per heavy atom. The molecule has 10 heteroatoms. The molecule has 0 saturated carbocycles. The molecule has 2 aliphatic heterocycles. The van der Waals surface area contributed by atoms with E-state index in [1.165, 1.54) is 7.11 Å². The number of nitrogens with one attached hydrogen (secondary N) is 1. The molecule has 1 N–H and O–H groups in total. The van der Waals surface area contributed by atoms with Crippen molar-refractivity contribution in [1.82, 2.24) is 25.1 Å². The molecule has 2 saturated heterocycles. The molecule has 162 valence electrons. The van der Waals surface area contributed by atoms with Crippen LogP contribution in [-0.2, 0) is 9.53 Å². The van der Waals surface area contributed by atoms with Gasteiger partial charge < -0.3 is 19.9 Å². The first-order chi connectivity index (χ1) is 13.7. The first-order valence-corrected chi connectivity index (χ1v) is 9.99. The van der Waals surface area contributed by atoms with Crippen molar-refractivity contribution in [3.63, 3.8) is 0 Å². The Morgan fingerprint density at radius 3 is 2.41 bits per heavy atom. The molecule has 29 heavy (non-hydrogen) atoms. The highest BCUT2D eigenvalue weighted by atomic mass is 127. The lowest BCUT2D eigenvalue weighted by molar-refractivity contribution is -0.146. The Kier molecular flexibility index (Phi) is 9.85. The average Bonchev–Trinajstić information content (AvgIpc) is 2.77. The second kappa shape index (κ2) is 12.1. The third-order valence-corrected chi connectivity index (χ3v) is 5.46. The summed E-state index contributed by atoms with van der Waals surface area (Å²) in [6, 6.07) is 1.84. The molecule has 0 aliphatic carbocycles. The average molecular weight is 517 g/mol. The molecule has 2 fully saturated rings. The van der Waals surface area contributed by atoms with Crippen molar-refractivity contribution in [2.45, 2.75) is 12.8 Å². The predicted octanol–water partition coefficient (Wildman–Crippen LogP) is 0.677. The fraction of sp³-hybridized carbons (Fsp3) is 0.684. The number of halogens is 1. The normalized spacial score (nSPS) is 18.9. The fourth-order valence-electron chi connectivity index (χ4n) is 3.78. The van der Waals surface area contributed by atoms with Gasteiger partial charge in [-0.25, -0.2) is 9.97 Å². The summed E-state index contributed by atoms with van der Waals surface area (Å²) in [5, 5.41) is 3.47. The number of guanidine groups is 1. The smallest absolute Gasteiger partial charge is 0.308 e. The summed E-state index contributed by atoms with van der Waals surface area (Å²) in [6.07, 6.45) is 5.21. The van der Waals surface area contributed by atoms with Crippen molar-refractivity contribution in [3.8, 4) is 0 Å². The highest BCUT2D eigenvalue weighted by Gasteiger charge is 2.27. The van der Waals surface area contributed by atoms with Crippen LogP contribution in [0.25, 0.3) is 0 Å². The van der Waals surface area contributed by atoms with Crippen LogP contribution < -0.4 is 10.2 Å². The van der Waals surface area contributed by atoms with Crippen LogP contribution in [0.4, 0.5) is 5.95 Å². The van der Waals surface area contributed by atoms with Crippen molar-refractivity contribution in [2.75, 3.05) is 71.4 Å². The Balaban J connectivity index is 0.00000300. The predicted molar refractivity (Wildman–Crippen MR) is 124 cm³/mol. The van der Waals surface area contributed by atoms with E-state index < -0.39 is 0 Å². The topological polar surface area (TPSA) is 86.2 Å². The number of esters is 1. The number of hydrogen-bond acceptors (Lipinski definition) is 7. The number of nitrogens with zero attached hydrogens (tertiary/aromatic N) is 6. The number of aliphatic imine (C=N–C) groups is 1. The maximum atomic E-state index is 11.7. The van der Waals surface area contributed by atoms with Crippen LogP contribution in [0.3, 0.4) is 0 Å². The van der Waals surface area contributed by atoms with Crippen LogP contribution in [0.5, 0.6) is 0 Å². The third kappa shape index (κ3) is 6.66. The first-order valence-electron chi connectivity index (χ1n) is 9.99. The van der Waals surface area contributed by atoms with Crippen molar-refractivity contribution in [3.05, 3.63) is 18.5 Å². The van der Waals surface area contributed by atoms with Crippen LogP contribution in [0.2, 0.25) is 0 Å². The highest BCUT2D eigenvalue weighted by Crippen LogP contribution is 2.18. The Labute approximate surface area is 189 Å². The lowest BCUT2D eigenvalue weighted by atomic mass is 9.97. The fourth-order valence-corrected chi connectivity index (χ4v) is 3.78. The lowest BCUT2D eigenvalue weighted by Crippen LogP contribution is -2.51. The molecule has 1 aromatic rings. The summed E-state index contributed by atoms with van der Waals surface area (Å²) in [5.74, 6) is 1.66. The molecule has 9 nitrogen and oxygen atoms in total. The van der Waals surface area contributed by atoms with Gasteiger partial charge in [-0.3, -0.25) is 14.7 Å². The minimum Gasteiger partial charge on any atom is -0.469 e. The summed E-state index contributed by atoms with van der Waals surface area (Å²) >= 11 is 0. The largest absolute Gasteiger partial charge is 0.469 e. The highest BCUT2D eigenvalue weighted by molar-refractivity contribution is 14.0. The van der Waals surface area contributed by atoms with Gasteiger partial charge in [-0.2, -0.15) is 0 Å². The molecule has 0 aromatic carbocycles. The molecule has 0 amide bonds. The second-order valence-electron chi connectivity index (χ2n) is 7.14. The van der Waals surface area contributed by atoms with E-state index in [4.69, 9.17) is 4.74 Å². The zero-order valence-electron chi connectivity index (χ0n) is 17.3. The molecule has 0 radical (unpaired) electrons. The molecular formula is C19H32IN7O2. The molecule has 0 bridgehead atoms. The van der Waals surface area contributed by atoms with Crippen molar-refractivity contribution >= 4 is 41.9 Å². The van der Waals surface area contributed by atoms with Crippen LogP contribution in [-0.4, -0.2) is 98.2 Å². The van der Waals surface area contributed by atoms with Gasteiger partial charge in [-0.05, 0) is 18.9 Å². The minimum atomic E-state index is -0.0948. The van der Waals surface area contributed by atoms with Crippen LogP contribution >= 0.6 is 24.0 Å². The molecule has 0 atom stereocenters. The van der Waals surface area contributed by atoms with Gasteiger partial charge in [0.05, 0.1) is 13.0 Å². The summed E-state index contributed by atoms with van der Waals surface area (Å²) in [6.45, 7) is 7.38. The standard InChI is InChI=1S/C19H31N7O2.HI/c1-20-18(25-9-4-16(5-10-25)17(27)28-2)23-8-11-24-12-14-26(15-13-24)19-21-6-3-7-22-19;/h3,6-7,16H,4-5,8-15H2,1-2H3,(H,20,23);1H. The Bertz CT molecular complexity index is 645. The number of piperidine rings is 1. The van der Waals surface area contributed by atoms with E-state index in [1.807, 2.05) is 13.1 Å². The van der Waals surface area contributed by atoms with E-state index in [9.17, 15) is 4.79 Å². The molecule has 1 aromatic heterocycles. The molecule has 3 rings (SSSR count). The molecular weight excluding hydrogens is 485 g/mol. The SMILES string of the molecule is CN=C(NCCN1CCN(c2ncccn2)CC1)N1CCC(C(=O)OC)CC1.I. The Hall–Kier alpha value is -1.69. The number of carbonyl (C=O) groups excluding carboxylic acids is 1. The third-order valence-electron chi connectivity index (χ3n) is 5.46. The van der Waals surface area contributed by atoms with Gasteiger partial charge >= 0.3 is 5.97 Å². The zero-order chi connectivity index (χ0) is 19.8. The number of hydrogen-bond donors (Lipinski definition) is 1. The van der Waals surface area contributed by atoms with E-state index in [0.29, 0.717) is 0 Å². The number of ether oxygens (including phenoxy) is 1. The van der Waals surface area contributed by atoms with Crippen LogP contribution in [0, 0.1) is 5.92 Å². The number of aromatic nitrogens is 2.